The SMILES string of the molecule is C(#C[C@H]1Nc2ccccc2Oc2ccccc21)c1ccccc1. The fourth-order valence-corrected chi connectivity index (χ4v) is 2.63. The van der Waals surface area contributed by atoms with Gasteiger partial charge in [-0.1, -0.05) is 60.4 Å². The van der Waals surface area contributed by atoms with Gasteiger partial charge in [-0.25, -0.2) is 0 Å². The topological polar surface area (TPSA) is 21.3 Å². The second-order valence-electron chi connectivity index (χ2n) is 5.35. The third-order valence-corrected chi connectivity index (χ3v) is 3.77. The van der Waals surface area contributed by atoms with Crippen LogP contribution in [0.3, 0.4) is 0 Å². The van der Waals surface area contributed by atoms with Gasteiger partial charge in [-0.15, -0.1) is 0 Å². The summed E-state index contributed by atoms with van der Waals surface area (Å²) in [5.74, 6) is 8.25. The van der Waals surface area contributed by atoms with Crippen LogP contribution in [0.4, 0.5) is 5.69 Å². The number of para-hydroxylation sites is 3. The third kappa shape index (κ3) is 2.77. The summed E-state index contributed by atoms with van der Waals surface area (Å²) >= 11 is 0. The summed E-state index contributed by atoms with van der Waals surface area (Å²) in [5.41, 5.74) is 3.01. The normalized spacial score (nSPS) is 14.9. The van der Waals surface area contributed by atoms with Crippen LogP contribution in [0.1, 0.15) is 17.2 Å². The zero-order chi connectivity index (χ0) is 15.5. The molecule has 2 heteroatoms. The third-order valence-electron chi connectivity index (χ3n) is 3.77. The van der Waals surface area contributed by atoms with Gasteiger partial charge in [-0.2, -0.15) is 0 Å². The molecule has 0 radical (unpaired) electrons. The van der Waals surface area contributed by atoms with Gasteiger partial charge < -0.3 is 10.1 Å². The fourth-order valence-electron chi connectivity index (χ4n) is 2.63. The number of hydrogen-bond donors (Lipinski definition) is 1. The van der Waals surface area contributed by atoms with E-state index in [1.54, 1.807) is 0 Å². The predicted octanol–water partition coefficient (Wildman–Crippen LogP) is 5.00. The second kappa shape index (κ2) is 5.90. The molecular formula is C21H15NO. The van der Waals surface area contributed by atoms with Gasteiger partial charge >= 0.3 is 0 Å². The van der Waals surface area contributed by atoms with Crippen molar-refractivity contribution in [2.24, 2.45) is 0 Å². The van der Waals surface area contributed by atoms with Gasteiger partial charge in [0.05, 0.1) is 5.69 Å². The molecule has 2 nitrogen and oxygen atoms in total. The number of fused-ring (bicyclic) bond motifs is 2. The predicted molar refractivity (Wildman–Crippen MR) is 92.6 cm³/mol. The first-order valence-corrected chi connectivity index (χ1v) is 7.59. The van der Waals surface area contributed by atoms with E-state index in [-0.39, 0.29) is 6.04 Å². The summed E-state index contributed by atoms with van der Waals surface area (Å²) in [6.07, 6.45) is 0. The van der Waals surface area contributed by atoms with E-state index >= 15 is 0 Å². The van der Waals surface area contributed by atoms with Gasteiger partial charge in [0.15, 0.2) is 5.75 Å². The molecule has 3 aromatic rings. The van der Waals surface area contributed by atoms with Crippen molar-refractivity contribution in [2.75, 3.05) is 5.32 Å². The molecule has 0 fully saturated rings. The van der Waals surface area contributed by atoms with Crippen molar-refractivity contribution in [3.63, 3.8) is 0 Å². The lowest BCUT2D eigenvalue weighted by Gasteiger charge is -2.12. The Morgan fingerprint density at radius 3 is 2.30 bits per heavy atom. The number of rotatable bonds is 0. The van der Waals surface area contributed by atoms with Gasteiger partial charge in [-0.05, 0) is 30.3 Å². The minimum Gasteiger partial charge on any atom is -0.455 e. The van der Waals surface area contributed by atoms with E-state index in [1.165, 1.54) is 0 Å². The summed E-state index contributed by atoms with van der Waals surface area (Å²) in [5, 5.41) is 3.49. The molecule has 0 aromatic heterocycles. The molecule has 1 atom stereocenters. The van der Waals surface area contributed by atoms with Gasteiger partial charge in [0, 0.05) is 11.1 Å². The molecular weight excluding hydrogens is 282 g/mol. The van der Waals surface area contributed by atoms with Crippen molar-refractivity contribution in [3.05, 3.63) is 90.0 Å². The van der Waals surface area contributed by atoms with Crippen LogP contribution in [-0.2, 0) is 0 Å². The Morgan fingerprint density at radius 2 is 1.43 bits per heavy atom. The number of hydrogen-bond acceptors (Lipinski definition) is 2. The largest absolute Gasteiger partial charge is 0.455 e. The highest BCUT2D eigenvalue weighted by atomic mass is 16.5. The maximum Gasteiger partial charge on any atom is 0.150 e. The van der Waals surface area contributed by atoms with Crippen LogP contribution in [0, 0.1) is 11.8 Å². The molecule has 0 saturated heterocycles. The van der Waals surface area contributed by atoms with Crippen LogP contribution < -0.4 is 10.1 Å². The van der Waals surface area contributed by atoms with Gasteiger partial charge in [0.2, 0.25) is 0 Å². The molecule has 0 unspecified atom stereocenters. The van der Waals surface area contributed by atoms with Crippen LogP contribution in [0.25, 0.3) is 0 Å². The minimum absolute atomic E-state index is 0.116. The lowest BCUT2D eigenvalue weighted by atomic mass is 10.1. The number of ether oxygens (including phenoxy) is 1. The molecule has 23 heavy (non-hydrogen) atoms. The van der Waals surface area contributed by atoms with Gasteiger partial charge in [-0.3, -0.25) is 0 Å². The van der Waals surface area contributed by atoms with Crippen LogP contribution >= 0.6 is 0 Å². The number of benzene rings is 3. The molecule has 3 aromatic carbocycles. The lowest BCUT2D eigenvalue weighted by molar-refractivity contribution is 0.483. The van der Waals surface area contributed by atoms with E-state index in [0.717, 1.165) is 28.3 Å². The first-order chi connectivity index (χ1) is 11.4. The highest BCUT2D eigenvalue weighted by Crippen LogP contribution is 2.39. The molecule has 0 amide bonds. The van der Waals surface area contributed by atoms with Crippen LogP contribution in [-0.4, -0.2) is 0 Å². The van der Waals surface area contributed by atoms with E-state index < -0.39 is 0 Å². The van der Waals surface area contributed by atoms with E-state index in [4.69, 9.17) is 4.74 Å². The molecule has 0 saturated carbocycles. The molecule has 1 heterocycles. The minimum atomic E-state index is -0.116. The Labute approximate surface area is 135 Å². The molecule has 110 valence electrons. The van der Waals surface area contributed by atoms with Crippen molar-refractivity contribution in [1.29, 1.82) is 0 Å². The van der Waals surface area contributed by atoms with E-state index in [2.05, 4.69) is 23.2 Å². The molecule has 0 aliphatic carbocycles. The highest BCUT2D eigenvalue weighted by molar-refractivity contribution is 5.63. The molecule has 1 aliphatic heterocycles. The summed E-state index contributed by atoms with van der Waals surface area (Å²) in [7, 11) is 0. The van der Waals surface area contributed by atoms with Gasteiger partial charge in [0.25, 0.3) is 0 Å². The van der Waals surface area contributed by atoms with E-state index in [1.807, 2.05) is 72.8 Å². The Morgan fingerprint density at radius 1 is 0.739 bits per heavy atom. The van der Waals surface area contributed by atoms with Crippen molar-refractivity contribution < 1.29 is 4.74 Å². The maximum absolute atomic E-state index is 6.05. The zero-order valence-electron chi connectivity index (χ0n) is 12.5. The second-order valence-corrected chi connectivity index (χ2v) is 5.35. The summed E-state index contributed by atoms with van der Waals surface area (Å²) in [6, 6.07) is 25.9. The Hall–Kier alpha value is -3.18. The van der Waals surface area contributed by atoms with Crippen LogP contribution in [0.5, 0.6) is 11.5 Å². The van der Waals surface area contributed by atoms with Crippen molar-refractivity contribution >= 4 is 5.69 Å². The zero-order valence-corrected chi connectivity index (χ0v) is 12.5. The lowest BCUT2D eigenvalue weighted by Crippen LogP contribution is -2.07. The highest BCUT2D eigenvalue weighted by Gasteiger charge is 2.20. The van der Waals surface area contributed by atoms with Gasteiger partial charge in [0.1, 0.15) is 11.8 Å². The first kappa shape index (κ1) is 13.5. The number of anilines is 1. The monoisotopic (exact) mass is 297 g/mol. The molecule has 4 rings (SSSR count). The number of nitrogens with one attached hydrogen (secondary N) is 1. The van der Waals surface area contributed by atoms with E-state index in [0.29, 0.717) is 0 Å². The fraction of sp³-hybridized carbons (Fsp3) is 0.0476. The van der Waals surface area contributed by atoms with Crippen molar-refractivity contribution in [2.45, 2.75) is 6.04 Å². The molecule has 0 spiro atoms. The Balaban J connectivity index is 1.78. The standard InChI is InChI=1S/C21H15NO/c1-2-8-16(9-3-1)14-15-18-17-10-4-6-12-20(17)23-21-13-7-5-11-19(21)22-18/h1-13,18,22H/t18-/m1/s1. The smallest absolute Gasteiger partial charge is 0.150 e. The molecule has 0 bridgehead atoms. The van der Waals surface area contributed by atoms with Crippen LogP contribution in [0.15, 0.2) is 78.9 Å². The maximum atomic E-state index is 6.05. The summed E-state index contributed by atoms with van der Waals surface area (Å²) in [6.45, 7) is 0. The summed E-state index contributed by atoms with van der Waals surface area (Å²) in [4.78, 5) is 0. The Bertz CT molecular complexity index is 890. The Kier molecular flexibility index (Phi) is 3.46. The first-order valence-electron chi connectivity index (χ1n) is 7.59. The molecule has 1 N–H and O–H groups in total. The van der Waals surface area contributed by atoms with Crippen LogP contribution in [0.2, 0.25) is 0 Å². The van der Waals surface area contributed by atoms with Crippen molar-refractivity contribution in [3.8, 4) is 23.3 Å². The average molecular weight is 297 g/mol. The molecule has 1 aliphatic rings. The van der Waals surface area contributed by atoms with E-state index in [9.17, 15) is 0 Å². The average Bonchev–Trinajstić information content (AvgIpc) is 2.77. The quantitative estimate of drug-likeness (QED) is 0.590. The van der Waals surface area contributed by atoms with Crippen molar-refractivity contribution in [1.82, 2.24) is 0 Å². The summed E-state index contributed by atoms with van der Waals surface area (Å²) < 4.78 is 6.05.